The highest BCUT2D eigenvalue weighted by molar-refractivity contribution is 6.32. The van der Waals surface area contributed by atoms with Crippen molar-refractivity contribution in [1.82, 2.24) is 5.32 Å². The van der Waals surface area contributed by atoms with Gasteiger partial charge in [0.25, 0.3) is 0 Å². The minimum atomic E-state index is -0.866. The quantitative estimate of drug-likeness (QED) is 0.527. The molecule has 0 aliphatic rings. The van der Waals surface area contributed by atoms with Crippen LogP contribution in [0.2, 0.25) is 0 Å². The summed E-state index contributed by atoms with van der Waals surface area (Å²) in [5.41, 5.74) is 0. The molecule has 1 N–H and O–H groups in total. The van der Waals surface area contributed by atoms with Crippen LogP contribution in [-0.2, 0) is 19.1 Å². The number of carbonyl (C=O) groups is 2. The Morgan fingerprint density at radius 1 is 1.27 bits per heavy atom. The summed E-state index contributed by atoms with van der Waals surface area (Å²) in [6.45, 7) is 5.04. The molecule has 1 atom stereocenters. The first-order chi connectivity index (χ1) is 7.02. The summed E-state index contributed by atoms with van der Waals surface area (Å²) in [5.74, 6) is -0.999. The summed E-state index contributed by atoms with van der Waals surface area (Å²) in [6, 6.07) is 0. The first kappa shape index (κ1) is 13.9. The Hall–Kier alpha value is -1.10. The van der Waals surface area contributed by atoms with Crippen molar-refractivity contribution in [2.24, 2.45) is 11.8 Å². The molecule has 0 saturated heterocycles. The van der Waals surface area contributed by atoms with Gasteiger partial charge in [-0.25, -0.2) is 4.79 Å². The van der Waals surface area contributed by atoms with Gasteiger partial charge in [-0.05, 0) is 5.92 Å². The zero-order valence-electron chi connectivity index (χ0n) is 9.70. The number of esters is 1. The molecule has 1 unspecified atom stereocenters. The Labute approximate surface area is 90.1 Å². The van der Waals surface area contributed by atoms with Gasteiger partial charge in [0.2, 0.25) is 0 Å². The number of nitrogens with one attached hydrogen (secondary N) is 1. The third kappa shape index (κ3) is 5.37. The molecule has 0 spiro atoms. The first-order valence-corrected chi connectivity index (χ1v) is 4.88. The van der Waals surface area contributed by atoms with Crippen molar-refractivity contribution in [3.05, 3.63) is 0 Å². The van der Waals surface area contributed by atoms with Crippen LogP contribution in [0.25, 0.3) is 0 Å². The second-order valence-electron chi connectivity index (χ2n) is 3.66. The maximum Gasteiger partial charge on any atom is 0.396 e. The zero-order chi connectivity index (χ0) is 11.8. The van der Waals surface area contributed by atoms with E-state index in [-0.39, 0.29) is 5.92 Å². The molecule has 1 amide bonds. The van der Waals surface area contributed by atoms with Crippen LogP contribution in [0, 0.1) is 11.8 Å². The molecule has 0 aliphatic heterocycles. The molecule has 0 radical (unpaired) electrons. The van der Waals surface area contributed by atoms with Gasteiger partial charge in [-0.2, -0.15) is 0 Å². The van der Waals surface area contributed by atoms with Gasteiger partial charge < -0.3 is 14.8 Å². The molecule has 0 saturated carbocycles. The van der Waals surface area contributed by atoms with Crippen LogP contribution in [-0.4, -0.2) is 39.2 Å². The maximum absolute atomic E-state index is 11.1. The van der Waals surface area contributed by atoms with E-state index in [0.717, 1.165) is 0 Å². The molecule has 0 heterocycles. The molecule has 0 aromatic carbocycles. The molecule has 0 aromatic rings. The first-order valence-electron chi connectivity index (χ1n) is 4.88. The van der Waals surface area contributed by atoms with E-state index in [1.54, 1.807) is 7.11 Å². The van der Waals surface area contributed by atoms with Crippen LogP contribution < -0.4 is 5.32 Å². The molecule has 5 heteroatoms. The fraction of sp³-hybridized carbons (Fsp3) is 0.800. The summed E-state index contributed by atoms with van der Waals surface area (Å²) in [4.78, 5) is 21.9. The monoisotopic (exact) mass is 217 g/mol. The van der Waals surface area contributed by atoms with Crippen molar-refractivity contribution < 1.29 is 19.1 Å². The van der Waals surface area contributed by atoms with Gasteiger partial charge in [-0.1, -0.05) is 13.8 Å². The Balaban J connectivity index is 3.99. The summed E-state index contributed by atoms with van der Waals surface area (Å²) < 4.78 is 9.30. The smallest absolute Gasteiger partial charge is 0.396 e. The second-order valence-corrected chi connectivity index (χ2v) is 3.66. The van der Waals surface area contributed by atoms with E-state index < -0.39 is 11.9 Å². The Morgan fingerprint density at radius 3 is 2.27 bits per heavy atom. The van der Waals surface area contributed by atoms with Gasteiger partial charge in [0.05, 0.1) is 13.7 Å². The fourth-order valence-corrected chi connectivity index (χ4v) is 1.09. The molecule has 15 heavy (non-hydrogen) atoms. The van der Waals surface area contributed by atoms with E-state index >= 15 is 0 Å². The Bertz CT molecular complexity index is 215. The number of hydrogen-bond acceptors (Lipinski definition) is 4. The van der Waals surface area contributed by atoms with E-state index in [1.165, 1.54) is 7.11 Å². The summed E-state index contributed by atoms with van der Waals surface area (Å²) in [7, 11) is 2.79. The van der Waals surface area contributed by atoms with Crippen LogP contribution in [0.4, 0.5) is 0 Å². The lowest BCUT2D eigenvalue weighted by Crippen LogP contribution is -2.38. The largest absolute Gasteiger partial charge is 0.462 e. The van der Waals surface area contributed by atoms with E-state index in [2.05, 4.69) is 10.1 Å². The van der Waals surface area contributed by atoms with Crippen molar-refractivity contribution in [2.75, 3.05) is 27.4 Å². The Morgan fingerprint density at radius 2 is 1.87 bits per heavy atom. The summed E-state index contributed by atoms with van der Waals surface area (Å²) >= 11 is 0. The van der Waals surface area contributed by atoms with Crippen LogP contribution in [0.3, 0.4) is 0 Å². The summed E-state index contributed by atoms with van der Waals surface area (Å²) in [6.07, 6.45) is 0. The number of hydrogen-bond donors (Lipinski definition) is 1. The molecule has 88 valence electrons. The second kappa shape index (κ2) is 7.23. The van der Waals surface area contributed by atoms with Crippen molar-refractivity contribution in [3.8, 4) is 0 Å². The van der Waals surface area contributed by atoms with Crippen molar-refractivity contribution in [1.29, 1.82) is 0 Å². The van der Waals surface area contributed by atoms with E-state index in [0.29, 0.717) is 19.1 Å². The predicted molar refractivity (Wildman–Crippen MR) is 55.2 cm³/mol. The molecule has 0 aliphatic carbocycles. The highest BCUT2D eigenvalue weighted by atomic mass is 16.5. The highest BCUT2D eigenvalue weighted by Crippen LogP contribution is 2.09. The number of rotatable bonds is 5. The fourth-order valence-electron chi connectivity index (χ4n) is 1.09. The zero-order valence-corrected chi connectivity index (χ0v) is 9.70. The lowest BCUT2D eigenvalue weighted by molar-refractivity contribution is -0.152. The normalized spacial score (nSPS) is 12.3. The average molecular weight is 217 g/mol. The van der Waals surface area contributed by atoms with Gasteiger partial charge in [-0.3, -0.25) is 4.79 Å². The molecular formula is C10H19NO4. The van der Waals surface area contributed by atoms with Crippen molar-refractivity contribution in [3.63, 3.8) is 0 Å². The third-order valence-corrected chi connectivity index (χ3v) is 2.22. The predicted octanol–water partition coefficient (Wildman–Crippen LogP) is 0.194. The molecule has 0 bridgehead atoms. The van der Waals surface area contributed by atoms with Gasteiger partial charge in [0.15, 0.2) is 0 Å². The average Bonchev–Trinajstić information content (AvgIpc) is 2.21. The minimum Gasteiger partial charge on any atom is -0.462 e. The lowest BCUT2D eigenvalue weighted by atomic mass is 9.97. The maximum atomic E-state index is 11.1. The standard InChI is InChI=1S/C10H19NO4/c1-7(2)8(6-14-3)5-11-9(12)10(13)15-4/h7-8H,5-6H2,1-4H3,(H,11,12). The molecule has 5 nitrogen and oxygen atoms in total. The minimum absolute atomic E-state index is 0.198. The number of amides is 1. The van der Waals surface area contributed by atoms with Gasteiger partial charge in [-0.15, -0.1) is 0 Å². The summed E-state index contributed by atoms with van der Waals surface area (Å²) in [5, 5.41) is 2.51. The third-order valence-electron chi connectivity index (χ3n) is 2.22. The molecule has 0 fully saturated rings. The lowest BCUT2D eigenvalue weighted by Gasteiger charge is -2.19. The van der Waals surface area contributed by atoms with Crippen LogP contribution >= 0.6 is 0 Å². The van der Waals surface area contributed by atoms with E-state index in [4.69, 9.17) is 4.74 Å². The van der Waals surface area contributed by atoms with Crippen LogP contribution in [0.15, 0.2) is 0 Å². The van der Waals surface area contributed by atoms with Gasteiger partial charge in [0.1, 0.15) is 0 Å². The van der Waals surface area contributed by atoms with Crippen LogP contribution in [0.1, 0.15) is 13.8 Å². The molecule has 0 aromatic heterocycles. The topological polar surface area (TPSA) is 64.6 Å². The number of methoxy groups -OCH3 is 2. The highest BCUT2D eigenvalue weighted by Gasteiger charge is 2.18. The SMILES string of the molecule is COCC(CNC(=O)C(=O)OC)C(C)C. The van der Waals surface area contributed by atoms with Crippen molar-refractivity contribution in [2.45, 2.75) is 13.8 Å². The van der Waals surface area contributed by atoms with Gasteiger partial charge in [0, 0.05) is 19.6 Å². The van der Waals surface area contributed by atoms with Crippen molar-refractivity contribution >= 4 is 11.9 Å². The number of ether oxygens (including phenoxy) is 2. The van der Waals surface area contributed by atoms with Gasteiger partial charge >= 0.3 is 11.9 Å². The Kier molecular flexibility index (Phi) is 6.70. The molecular weight excluding hydrogens is 198 g/mol. The number of carbonyl (C=O) groups excluding carboxylic acids is 2. The molecule has 0 rings (SSSR count). The van der Waals surface area contributed by atoms with Crippen LogP contribution in [0.5, 0.6) is 0 Å². The van der Waals surface area contributed by atoms with E-state index in [9.17, 15) is 9.59 Å². The van der Waals surface area contributed by atoms with E-state index in [1.807, 2.05) is 13.8 Å².